The van der Waals surface area contributed by atoms with Gasteiger partial charge in [0.1, 0.15) is 0 Å². The van der Waals surface area contributed by atoms with Crippen LogP contribution < -0.4 is 10.6 Å². The van der Waals surface area contributed by atoms with Gasteiger partial charge in [0, 0.05) is 12.2 Å². The fourth-order valence-corrected chi connectivity index (χ4v) is 2.09. The van der Waals surface area contributed by atoms with Crippen molar-refractivity contribution in [3.8, 4) is 0 Å². The number of nitrogens with one attached hydrogen (secondary N) is 2. The molecule has 0 aromatic heterocycles. The van der Waals surface area contributed by atoms with E-state index in [1.54, 1.807) is 6.07 Å². The van der Waals surface area contributed by atoms with E-state index < -0.39 is 5.54 Å². The number of hydrogen-bond acceptors (Lipinski definition) is 3. The van der Waals surface area contributed by atoms with Crippen LogP contribution in [0.4, 0.5) is 5.69 Å². The van der Waals surface area contributed by atoms with E-state index in [-0.39, 0.29) is 12.5 Å². The van der Waals surface area contributed by atoms with Crippen LogP contribution in [0.15, 0.2) is 24.3 Å². The van der Waals surface area contributed by atoms with E-state index in [4.69, 9.17) is 0 Å². The zero-order valence-electron chi connectivity index (χ0n) is 12.7. The minimum atomic E-state index is -0.533. The van der Waals surface area contributed by atoms with Gasteiger partial charge in [-0.05, 0) is 31.4 Å². The monoisotopic (exact) mass is 278 g/mol. The van der Waals surface area contributed by atoms with E-state index in [0.29, 0.717) is 18.4 Å². The van der Waals surface area contributed by atoms with Crippen molar-refractivity contribution in [3.05, 3.63) is 29.8 Å². The molecule has 0 fully saturated rings. The van der Waals surface area contributed by atoms with Crippen LogP contribution >= 0.6 is 0 Å². The lowest BCUT2D eigenvalue weighted by molar-refractivity contribution is 0.0818. The number of amides is 1. The summed E-state index contributed by atoms with van der Waals surface area (Å²) in [6, 6.07) is 7.47. The van der Waals surface area contributed by atoms with Crippen molar-refractivity contribution in [1.29, 1.82) is 0 Å². The average molecular weight is 278 g/mol. The summed E-state index contributed by atoms with van der Waals surface area (Å²) in [5.74, 6) is -0.137. The standard InChI is InChI=1S/C16H26N2O2/c1-4-11-17-14-10-8-7-9-13(14)15(20)18-16(5-2,6-3)12-19/h7-10,17,19H,4-6,11-12H2,1-3H3,(H,18,20). The van der Waals surface area contributed by atoms with Gasteiger partial charge in [0.25, 0.3) is 5.91 Å². The quantitative estimate of drug-likeness (QED) is 0.685. The fraction of sp³-hybridized carbons (Fsp3) is 0.562. The Labute approximate surface area is 121 Å². The third-order valence-corrected chi connectivity index (χ3v) is 3.77. The second kappa shape index (κ2) is 7.90. The molecule has 0 spiro atoms. The number of carbonyl (C=O) groups excluding carboxylic acids is 1. The molecule has 4 nitrogen and oxygen atoms in total. The van der Waals surface area contributed by atoms with Crippen molar-refractivity contribution in [3.63, 3.8) is 0 Å². The summed E-state index contributed by atoms with van der Waals surface area (Å²) in [5.41, 5.74) is 0.932. The molecule has 0 saturated carbocycles. The van der Waals surface area contributed by atoms with Crippen LogP contribution in [-0.4, -0.2) is 29.7 Å². The van der Waals surface area contributed by atoms with Gasteiger partial charge >= 0.3 is 0 Å². The molecule has 0 aliphatic heterocycles. The maximum Gasteiger partial charge on any atom is 0.253 e. The Hall–Kier alpha value is -1.55. The SMILES string of the molecule is CCCNc1ccccc1C(=O)NC(CC)(CC)CO. The number of benzene rings is 1. The highest BCUT2D eigenvalue weighted by molar-refractivity contribution is 6.00. The molecule has 1 aromatic carbocycles. The fourth-order valence-electron chi connectivity index (χ4n) is 2.09. The Bertz CT molecular complexity index is 420. The molecule has 1 rings (SSSR count). The largest absolute Gasteiger partial charge is 0.394 e. The Morgan fingerprint density at radius 3 is 2.40 bits per heavy atom. The van der Waals surface area contributed by atoms with E-state index in [0.717, 1.165) is 18.7 Å². The van der Waals surface area contributed by atoms with Crippen molar-refractivity contribution in [2.75, 3.05) is 18.5 Å². The van der Waals surface area contributed by atoms with Gasteiger partial charge in [-0.1, -0.05) is 32.9 Å². The van der Waals surface area contributed by atoms with Gasteiger partial charge in [0.05, 0.1) is 17.7 Å². The second-order valence-electron chi connectivity index (χ2n) is 5.07. The highest BCUT2D eigenvalue weighted by Gasteiger charge is 2.28. The van der Waals surface area contributed by atoms with E-state index >= 15 is 0 Å². The summed E-state index contributed by atoms with van der Waals surface area (Å²) < 4.78 is 0. The molecule has 0 heterocycles. The molecule has 1 aromatic rings. The molecular formula is C16H26N2O2. The number of hydrogen-bond donors (Lipinski definition) is 3. The maximum absolute atomic E-state index is 12.5. The first-order chi connectivity index (χ1) is 9.62. The molecule has 112 valence electrons. The normalized spacial score (nSPS) is 11.2. The molecule has 4 heteroatoms. The van der Waals surface area contributed by atoms with E-state index in [9.17, 15) is 9.90 Å². The van der Waals surface area contributed by atoms with Crippen LogP contribution in [0.2, 0.25) is 0 Å². The van der Waals surface area contributed by atoms with Gasteiger partial charge in [0.15, 0.2) is 0 Å². The van der Waals surface area contributed by atoms with Gasteiger partial charge < -0.3 is 15.7 Å². The lowest BCUT2D eigenvalue weighted by atomic mass is 9.93. The summed E-state index contributed by atoms with van der Waals surface area (Å²) in [5, 5.41) is 15.8. The Kier molecular flexibility index (Phi) is 6.52. The van der Waals surface area contributed by atoms with Crippen molar-refractivity contribution in [2.45, 2.75) is 45.6 Å². The zero-order valence-corrected chi connectivity index (χ0v) is 12.7. The Balaban J connectivity index is 2.91. The third kappa shape index (κ3) is 3.97. The smallest absolute Gasteiger partial charge is 0.253 e. The number of anilines is 1. The molecule has 1 amide bonds. The second-order valence-corrected chi connectivity index (χ2v) is 5.07. The molecule has 0 aliphatic carbocycles. The van der Waals surface area contributed by atoms with Gasteiger partial charge in [-0.15, -0.1) is 0 Å². The Morgan fingerprint density at radius 1 is 1.20 bits per heavy atom. The van der Waals surface area contributed by atoms with Crippen LogP contribution in [0.1, 0.15) is 50.4 Å². The van der Waals surface area contributed by atoms with E-state index in [2.05, 4.69) is 17.6 Å². The molecule has 0 saturated heterocycles. The minimum absolute atomic E-state index is 0.0453. The van der Waals surface area contributed by atoms with Crippen LogP contribution in [0.3, 0.4) is 0 Å². The van der Waals surface area contributed by atoms with Crippen LogP contribution in [0, 0.1) is 0 Å². The average Bonchev–Trinajstić information content (AvgIpc) is 2.51. The highest BCUT2D eigenvalue weighted by atomic mass is 16.3. The molecule has 0 unspecified atom stereocenters. The first-order valence-corrected chi connectivity index (χ1v) is 7.38. The zero-order chi connectivity index (χ0) is 15.0. The lowest BCUT2D eigenvalue weighted by Gasteiger charge is -2.31. The molecule has 0 aliphatic rings. The predicted octanol–water partition coefficient (Wildman–Crippen LogP) is 2.79. The number of aliphatic hydroxyl groups is 1. The molecule has 0 atom stereocenters. The number of rotatable bonds is 8. The molecule has 0 bridgehead atoms. The molecular weight excluding hydrogens is 252 g/mol. The molecule has 20 heavy (non-hydrogen) atoms. The van der Waals surface area contributed by atoms with Crippen LogP contribution in [-0.2, 0) is 0 Å². The van der Waals surface area contributed by atoms with Gasteiger partial charge in [-0.25, -0.2) is 0 Å². The topological polar surface area (TPSA) is 61.4 Å². The summed E-state index contributed by atoms with van der Waals surface area (Å²) in [6.45, 7) is 6.82. The van der Waals surface area contributed by atoms with Crippen molar-refractivity contribution in [1.82, 2.24) is 5.32 Å². The first kappa shape index (κ1) is 16.5. The summed E-state index contributed by atoms with van der Waals surface area (Å²) in [6.07, 6.45) is 2.41. The maximum atomic E-state index is 12.5. The van der Waals surface area contributed by atoms with Crippen molar-refractivity contribution >= 4 is 11.6 Å². The number of aliphatic hydroxyl groups excluding tert-OH is 1. The highest BCUT2D eigenvalue weighted by Crippen LogP contribution is 2.19. The van der Waals surface area contributed by atoms with E-state index in [1.807, 2.05) is 32.0 Å². The number of carbonyl (C=O) groups is 1. The lowest BCUT2D eigenvalue weighted by Crippen LogP contribution is -2.50. The van der Waals surface area contributed by atoms with Crippen LogP contribution in [0.5, 0.6) is 0 Å². The predicted molar refractivity (Wildman–Crippen MR) is 83.1 cm³/mol. The summed E-state index contributed by atoms with van der Waals surface area (Å²) >= 11 is 0. The minimum Gasteiger partial charge on any atom is -0.394 e. The van der Waals surface area contributed by atoms with Gasteiger partial charge in [-0.3, -0.25) is 4.79 Å². The Morgan fingerprint density at radius 2 is 1.85 bits per heavy atom. The summed E-state index contributed by atoms with van der Waals surface area (Å²) in [7, 11) is 0. The summed E-state index contributed by atoms with van der Waals surface area (Å²) in [4.78, 5) is 12.5. The van der Waals surface area contributed by atoms with E-state index in [1.165, 1.54) is 0 Å². The van der Waals surface area contributed by atoms with Crippen LogP contribution in [0.25, 0.3) is 0 Å². The van der Waals surface area contributed by atoms with Crippen molar-refractivity contribution in [2.24, 2.45) is 0 Å². The first-order valence-electron chi connectivity index (χ1n) is 7.38. The number of para-hydroxylation sites is 1. The molecule has 3 N–H and O–H groups in total. The molecule has 0 radical (unpaired) electrons. The van der Waals surface area contributed by atoms with Gasteiger partial charge in [0.2, 0.25) is 0 Å². The van der Waals surface area contributed by atoms with Crippen molar-refractivity contribution < 1.29 is 9.90 Å². The third-order valence-electron chi connectivity index (χ3n) is 3.77. The van der Waals surface area contributed by atoms with Gasteiger partial charge in [-0.2, -0.15) is 0 Å².